The Kier molecular flexibility index (Phi) is 6.40. The molecule has 0 aromatic carbocycles. The van der Waals surface area contributed by atoms with Crippen LogP contribution in [0.15, 0.2) is 0 Å². The third-order valence-electron chi connectivity index (χ3n) is 2.87. The summed E-state index contributed by atoms with van der Waals surface area (Å²) < 4.78 is 31.5. The minimum atomic E-state index is -3.19. The molecule has 1 aliphatic heterocycles. The second-order valence-corrected chi connectivity index (χ2v) is 6.39. The summed E-state index contributed by atoms with van der Waals surface area (Å²) in [5.74, 6) is 0.172. The Hall–Kier alpha value is -0.170. The lowest BCUT2D eigenvalue weighted by Gasteiger charge is -2.23. The highest BCUT2D eigenvalue weighted by Crippen LogP contribution is 2.08. The summed E-state index contributed by atoms with van der Waals surface area (Å²) in [5, 5.41) is 3.24. The summed E-state index contributed by atoms with van der Waals surface area (Å²) in [6.45, 7) is 5.65. The molecule has 1 fully saturated rings. The molecule has 1 saturated heterocycles. The van der Waals surface area contributed by atoms with E-state index in [0.29, 0.717) is 13.2 Å². The summed E-state index contributed by atoms with van der Waals surface area (Å²) in [5.41, 5.74) is 0. The summed E-state index contributed by atoms with van der Waals surface area (Å²) in [6, 6.07) is 0.101. The predicted octanol–water partition coefficient (Wildman–Crippen LogP) is 0.473. The summed E-state index contributed by atoms with van der Waals surface area (Å²) >= 11 is 0. The van der Waals surface area contributed by atoms with E-state index in [1.54, 1.807) is 0 Å². The average Bonchev–Trinajstić information content (AvgIpc) is 2.28. The number of nitrogens with one attached hydrogen (secondary N) is 2. The second-order valence-electron chi connectivity index (χ2n) is 4.54. The molecule has 6 heteroatoms. The van der Waals surface area contributed by atoms with E-state index in [1.807, 2.05) is 13.8 Å². The van der Waals surface area contributed by atoms with E-state index in [0.717, 1.165) is 25.8 Å². The molecule has 17 heavy (non-hydrogen) atoms. The predicted molar refractivity (Wildman–Crippen MR) is 68.5 cm³/mol. The fraction of sp³-hybridized carbons (Fsp3) is 1.00. The van der Waals surface area contributed by atoms with Crippen molar-refractivity contribution in [2.45, 2.75) is 45.3 Å². The van der Waals surface area contributed by atoms with Gasteiger partial charge in [0, 0.05) is 19.2 Å². The zero-order chi connectivity index (χ0) is 12.7. The fourth-order valence-electron chi connectivity index (χ4n) is 1.98. The molecular formula is C11H24N2O3S. The molecule has 2 unspecified atom stereocenters. The minimum absolute atomic E-state index is 0.0749. The molecule has 0 bridgehead atoms. The van der Waals surface area contributed by atoms with Gasteiger partial charge in [0.25, 0.3) is 0 Å². The maximum Gasteiger partial charge on any atom is 0.213 e. The van der Waals surface area contributed by atoms with Gasteiger partial charge < -0.3 is 10.1 Å². The Balaban J connectivity index is 2.29. The molecule has 1 aliphatic rings. The van der Waals surface area contributed by atoms with E-state index in [-0.39, 0.29) is 17.9 Å². The summed E-state index contributed by atoms with van der Waals surface area (Å²) in [7, 11) is -3.19. The van der Waals surface area contributed by atoms with Crippen molar-refractivity contribution in [3.8, 4) is 0 Å². The first kappa shape index (κ1) is 14.9. The van der Waals surface area contributed by atoms with Gasteiger partial charge in [-0.25, -0.2) is 13.1 Å². The number of rotatable bonds is 7. The minimum Gasteiger partial charge on any atom is -0.377 e. The van der Waals surface area contributed by atoms with Gasteiger partial charge in [0.2, 0.25) is 10.0 Å². The van der Waals surface area contributed by atoms with E-state index in [1.165, 1.54) is 0 Å². The number of piperidine rings is 1. The van der Waals surface area contributed by atoms with Crippen molar-refractivity contribution in [3.63, 3.8) is 0 Å². The SMILES string of the molecule is CCOC(C)CNS(=O)(=O)CC1CCCCN1. The van der Waals surface area contributed by atoms with Crippen LogP contribution < -0.4 is 10.0 Å². The van der Waals surface area contributed by atoms with Gasteiger partial charge in [0.15, 0.2) is 0 Å². The largest absolute Gasteiger partial charge is 0.377 e. The number of sulfonamides is 1. The van der Waals surface area contributed by atoms with Crippen molar-refractivity contribution in [2.24, 2.45) is 0 Å². The molecule has 2 atom stereocenters. The highest BCUT2D eigenvalue weighted by molar-refractivity contribution is 7.89. The fourth-order valence-corrected chi connectivity index (χ4v) is 3.40. The first-order valence-electron chi connectivity index (χ1n) is 6.36. The summed E-state index contributed by atoms with van der Waals surface area (Å²) in [4.78, 5) is 0. The Morgan fingerprint density at radius 2 is 2.24 bits per heavy atom. The van der Waals surface area contributed by atoms with Crippen molar-refractivity contribution < 1.29 is 13.2 Å². The van der Waals surface area contributed by atoms with Crippen LogP contribution in [0, 0.1) is 0 Å². The van der Waals surface area contributed by atoms with Gasteiger partial charge in [-0.1, -0.05) is 6.42 Å². The quantitative estimate of drug-likeness (QED) is 0.701. The van der Waals surface area contributed by atoms with Gasteiger partial charge in [0.05, 0.1) is 11.9 Å². The van der Waals surface area contributed by atoms with Crippen molar-refractivity contribution in [3.05, 3.63) is 0 Å². The first-order valence-corrected chi connectivity index (χ1v) is 8.01. The normalized spacial score (nSPS) is 23.5. The second kappa shape index (κ2) is 7.31. The zero-order valence-electron chi connectivity index (χ0n) is 10.7. The molecule has 0 aromatic rings. The maximum absolute atomic E-state index is 11.8. The molecule has 0 aromatic heterocycles. The van der Waals surface area contributed by atoms with Crippen molar-refractivity contribution in [1.82, 2.24) is 10.0 Å². The molecule has 0 aliphatic carbocycles. The van der Waals surface area contributed by atoms with Crippen LogP contribution in [0.5, 0.6) is 0 Å². The monoisotopic (exact) mass is 264 g/mol. The van der Waals surface area contributed by atoms with Crippen LogP contribution in [0.4, 0.5) is 0 Å². The highest BCUT2D eigenvalue weighted by Gasteiger charge is 2.21. The van der Waals surface area contributed by atoms with Crippen molar-refractivity contribution >= 4 is 10.0 Å². The van der Waals surface area contributed by atoms with E-state index in [9.17, 15) is 8.42 Å². The molecule has 0 radical (unpaired) electrons. The lowest BCUT2D eigenvalue weighted by atomic mass is 10.1. The molecule has 0 amide bonds. The standard InChI is InChI=1S/C11H24N2O3S/c1-3-16-10(2)8-13-17(14,15)9-11-6-4-5-7-12-11/h10-13H,3-9H2,1-2H3. The Morgan fingerprint density at radius 3 is 2.82 bits per heavy atom. The molecular weight excluding hydrogens is 240 g/mol. The van der Waals surface area contributed by atoms with Gasteiger partial charge in [-0.05, 0) is 33.2 Å². The van der Waals surface area contributed by atoms with Crippen LogP contribution in [0.2, 0.25) is 0 Å². The van der Waals surface area contributed by atoms with Crippen LogP contribution >= 0.6 is 0 Å². The molecule has 2 N–H and O–H groups in total. The third-order valence-corrected chi connectivity index (χ3v) is 4.32. The highest BCUT2D eigenvalue weighted by atomic mass is 32.2. The van der Waals surface area contributed by atoms with Gasteiger partial charge in [-0.2, -0.15) is 0 Å². The smallest absolute Gasteiger partial charge is 0.213 e. The van der Waals surface area contributed by atoms with E-state index < -0.39 is 10.0 Å². The third kappa shape index (κ3) is 6.35. The van der Waals surface area contributed by atoms with Crippen molar-refractivity contribution in [2.75, 3.05) is 25.4 Å². The molecule has 1 heterocycles. The molecule has 0 spiro atoms. The Morgan fingerprint density at radius 1 is 1.47 bits per heavy atom. The lowest BCUT2D eigenvalue weighted by Crippen LogP contribution is -2.44. The number of hydrogen-bond donors (Lipinski definition) is 2. The van der Waals surface area contributed by atoms with Crippen LogP contribution in [0.25, 0.3) is 0 Å². The number of hydrogen-bond acceptors (Lipinski definition) is 4. The molecule has 102 valence electrons. The van der Waals surface area contributed by atoms with Crippen LogP contribution in [0.3, 0.4) is 0 Å². The van der Waals surface area contributed by atoms with Gasteiger partial charge in [-0.15, -0.1) is 0 Å². The topological polar surface area (TPSA) is 67.4 Å². The molecule has 5 nitrogen and oxygen atoms in total. The molecule has 1 rings (SSSR count). The van der Waals surface area contributed by atoms with Crippen LogP contribution in [-0.4, -0.2) is 46.0 Å². The zero-order valence-corrected chi connectivity index (χ0v) is 11.6. The van der Waals surface area contributed by atoms with Crippen molar-refractivity contribution in [1.29, 1.82) is 0 Å². The van der Waals surface area contributed by atoms with E-state index >= 15 is 0 Å². The Bertz CT molecular complexity index is 300. The van der Waals surface area contributed by atoms with Gasteiger partial charge in [-0.3, -0.25) is 0 Å². The first-order chi connectivity index (χ1) is 8.03. The lowest BCUT2D eigenvalue weighted by molar-refractivity contribution is 0.0799. The molecule has 0 saturated carbocycles. The van der Waals surface area contributed by atoms with Crippen LogP contribution in [0.1, 0.15) is 33.1 Å². The Labute approximate surface area is 104 Å². The summed E-state index contributed by atoms with van der Waals surface area (Å²) in [6.07, 6.45) is 3.13. The number of ether oxygens (including phenoxy) is 1. The maximum atomic E-state index is 11.8. The average molecular weight is 264 g/mol. The van der Waals surface area contributed by atoms with E-state index in [2.05, 4.69) is 10.0 Å². The van der Waals surface area contributed by atoms with Crippen LogP contribution in [-0.2, 0) is 14.8 Å². The van der Waals surface area contributed by atoms with Gasteiger partial charge >= 0.3 is 0 Å². The van der Waals surface area contributed by atoms with Gasteiger partial charge in [0.1, 0.15) is 0 Å². The van der Waals surface area contributed by atoms with E-state index in [4.69, 9.17) is 4.74 Å².